The molecule has 2 amide bonds. The maximum absolute atomic E-state index is 11.9. The van der Waals surface area contributed by atoms with Gasteiger partial charge in [-0.15, -0.1) is 0 Å². The second-order valence-corrected chi connectivity index (χ2v) is 5.14. The summed E-state index contributed by atoms with van der Waals surface area (Å²) in [6.45, 7) is 4.13. The molecular formula is C15H20N2O3. The maximum Gasteiger partial charge on any atom is 0.287 e. The number of rotatable bonds is 8. The van der Waals surface area contributed by atoms with Crippen LogP contribution in [0.25, 0.3) is 0 Å². The van der Waals surface area contributed by atoms with E-state index in [1.807, 2.05) is 44.2 Å². The Labute approximate surface area is 118 Å². The summed E-state index contributed by atoms with van der Waals surface area (Å²) in [4.78, 5) is 35.6. The highest BCUT2D eigenvalue weighted by molar-refractivity contribution is 6.37. The van der Waals surface area contributed by atoms with Crippen molar-refractivity contribution >= 4 is 18.1 Å². The van der Waals surface area contributed by atoms with Crippen LogP contribution in [0.4, 0.5) is 0 Å². The molecule has 0 bridgehead atoms. The van der Waals surface area contributed by atoms with Crippen molar-refractivity contribution in [3.8, 4) is 0 Å². The average molecular weight is 276 g/mol. The SMILES string of the molecule is CC(C)CC(C(=O)C(N)=O)N(C=O)Cc1ccccc1. The number of amides is 2. The van der Waals surface area contributed by atoms with E-state index >= 15 is 0 Å². The molecule has 108 valence electrons. The molecular weight excluding hydrogens is 256 g/mol. The fraction of sp³-hybridized carbons (Fsp3) is 0.400. The van der Waals surface area contributed by atoms with E-state index in [0.29, 0.717) is 12.8 Å². The van der Waals surface area contributed by atoms with Gasteiger partial charge in [-0.1, -0.05) is 44.2 Å². The summed E-state index contributed by atoms with van der Waals surface area (Å²) in [5.74, 6) is -1.56. The van der Waals surface area contributed by atoms with Gasteiger partial charge in [0.05, 0.1) is 0 Å². The fourth-order valence-corrected chi connectivity index (χ4v) is 2.02. The van der Waals surface area contributed by atoms with E-state index < -0.39 is 17.7 Å². The molecule has 0 spiro atoms. The lowest BCUT2D eigenvalue weighted by Gasteiger charge is -2.27. The average Bonchev–Trinajstić information content (AvgIpc) is 2.42. The number of Topliss-reactive ketones (excluding diaryl/α,β-unsaturated/α-hetero) is 1. The first-order valence-corrected chi connectivity index (χ1v) is 6.54. The first-order chi connectivity index (χ1) is 9.45. The zero-order chi connectivity index (χ0) is 15.1. The van der Waals surface area contributed by atoms with Crippen molar-refractivity contribution in [3.63, 3.8) is 0 Å². The number of ketones is 1. The molecule has 0 aliphatic carbocycles. The molecule has 0 heterocycles. The number of carbonyl (C=O) groups excluding carboxylic acids is 3. The predicted molar refractivity (Wildman–Crippen MR) is 75.5 cm³/mol. The Kier molecular flexibility index (Phi) is 5.90. The van der Waals surface area contributed by atoms with E-state index in [4.69, 9.17) is 5.73 Å². The van der Waals surface area contributed by atoms with Gasteiger partial charge in [-0.05, 0) is 17.9 Å². The Morgan fingerprint density at radius 3 is 2.30 bits per heavy atom. The number of nitrogens with zero attached hydrogens (tertiary/aromatic N) is 1. The molecule has 0 aromatic heterocycles. The Morgan fingerprint density at radius 2 is 1.85 bits per heavy atom. The van der Waals surface area contributed by atoms with Gasteiger partial charge >= 0.3 is 0 Å². The molecule has 1 aromatic rings. The van der Waals surface area contributed by atoms with Crippen LogP contribution in [0.1, 0.15) is 25.8 Å². The third-order valence-electron chi connectivity index (χ3n) is 2.98. The van der Waals surface area contributed by atoms with Gasteiger partial charge in [-0.2, -0.15) is 0 Å². The quantitative estimate of drug-likeness (QED) is 0.570. The molecule has 1 atom stereocenters. The summed E-state index contributed by atoms with van der Waals surface area (Å²) < 4.78 is 0. The first kappa shape index (κ1) is 15.9. The van der Waals surface area contributed by atoms with Crippen LogP contribution in [0.2, 0.25) is 0 Å². The first-order valence-electron chi connectivity index (χ1n) is 6.54. The Hall–Kier alpha value is -2.17. The van der Waals surface area contributed by atoms with E-state index in [0.717, 1.165) is 5.56 Å². The lowest BCUT2D eigenvalue weighted by molar-refractivity contribution is -0.141. The smallest absolute Gasteiger partial charge is 0.287 e. The third kappa shape index (κ3) is 4.50. The van der Waals surface area contributed by atoms with Gasteiger partial charge in [0.25, 0.3) is 5.91 Å². The van der Waals surface area contributed by atoms with E-state index in [1.54, 1.807) is 0 Å². The molecule has 20 heavy (non-hydrogen) atoms. The molecule has 0 aliphatic rings. The Bertz CT molecular complexity index is 471. The van der Waals surface area contributed by atoms with Crippen molar-refractivity contribution in [2.45, 2.75) is 32.9 Å². The van der Waals surface area contributed by atoms with E-state index in [9.17, 15) is 14.4 Å². The summed E-state index contributed by atoms with van der Waals surface area (Å²) in [7, 11) is 0. The topological polar surface area (TPSA) is 80.5 Å². The number of nitrogens with two attached hydrogens (primary N) is 1. The molecule has 0 saturated carbocycles. The van der Waals surface area contributed by atoms with Gasteiger partial charge in [0.15, 0.2) is 0 Å². The minimum absolute atomic E-state index is 0.168. The van der Waals surface area contributed by atoms with Crippen LogP contribution in [-0.4, -0.2) is 29.0 Å². The van der Waals surface area contributed by atoms with Gasteiger partial charge in [0, 0.05) is 6.54 Å². The second-order valence-electron chi connectivity index (χ2n) is 5.14. The number of hydrogen-bond donors (Lipinski definition) is 1. The van der Waals surface area contributed by atoms with Crippen LogP contribution >= 0.6 is 0 Å². The van der Waals surface area contributed by atoms with Crippen molar-refractivity contribution in [3.05, 3.63) is 35.9 Å². The highest BCUT2D eigenvalue weighted by Crippen LogP contribution is 2.14. The lowest BCUT2D eigenvalue weighted by atomic mass is 9.98. The molecule has 0 fully saturated rings. The third-order valence-corrected chi connectivity index (χ3v) is 2.98. The van der Waals surface area contributed by atoms with Crippen LogP contribution in [0.5, 0.6) is 0 Å². The summed E-state index contributed by atoms with van der Waals surface area (Å²) in [6.07, 6.45) is 1.01. The monoisotopic (exact) mass is 276 g/mol. The van der Waals surface area contributed by atoms with Crippen molar-refractivity contribution in [2.75, 3.05) is 0 Å². The fourth-order valence-electron chi connectivity index (χ4n) is 2.02. The molecule has 1 rings (SSSR count). The maximum atomic E-state index is 11.9. The molecule has 1 aromatic carbocycles. The summed E-state index contributed by atoms with van der Waals surface area (Å²) in [5, 5.41) is 0. The largest absolute Gasteiger partial charge is 0.363 e. The Balaban J connectivity index is 2.93. The van der Waals surface area contributed by atoms with Gasteiger partial charge in [-0.3, -0.25) is 14.4 Å². The number of primary amides is 1. The molecule has 0 aliphatic heterocycles. The normalized spacial score (nSPS) is 11.9. The van der Waals surface area contributed by atoms with Crippen LogP contribution in [-0.2, 0) is 20.9 Å². The molecule has 0 radical (unpaired) electrons. The predicted octanol–water partition coefficient (Wildman–Crippen LogP) is 1.11. The minimum Gasteiger partial charge on any atom is -0.363 e. The van der Waals surface area contributed by atoms with Crippen LogP contribution < -0.4 is 5.73 Å². The highest BCUT2D eigenvalue weighted by Gasteiger charge is 2.29. The lowest BCUT2D eigenvalue weighted by Crippen LogP contribution is -2.46. The van der Waals surface area contributed by atoms with Gasteiger partial charge < -0.3 is 10.6 Å². The molecule has 0 saturated heterocycles. The van der Waals surface area contributed by atoms with Gasteiger partial charge in [-0.25, -0.2) is 0 Å². The standard InChI is InChI=1S/C15H20N2O3/c1-11(2)8-13(14(19)15(16)20)17(10-18)9-12-6-4-3-5-7-12/h3-7,10-11,13H,8-9H2,1-2H3,(H2,16,20). The molecule has 2 N–H and O–H groups in total. The number of carbonyl (C=O) groups is 3. The van der Waals surface area contributed by atoms with Gasteiger partial charge in [0.1, 0.15) is 6.04 Å². The van der Waals surface area contributed by atoms with Crippen LogP contribution in [0.3, 0.4) is 0 Å². The minimum atomic E-state index is -1.00. The Morgan fingerprint density at radius 1 is 1.25 bits per heavy atom. The molecule has 1 unspecified atom stereocenters. The zero-order valence-corrected chi connectivity index (χ0v) is 11.8. The van der Waals surface area contributed by atoms with Gasteiger partial charge in [0.2, 0.25) is 12.2 Å². The summed E-state index contributed by atoms with van der Waals surface area (Å²) in [5.41, 5.74) is 5.96. The molecule has 5 heteroatoms. The van der Waals surface area contributed by atoms with Crippen molar-refractivity contribution in [1.29, 1.82) is 0 Å². The molecule has 5 nitrogen and oxygen atoms in total. The summed E-state index contributed by atoms with van der Waals surface area (Å²) in [6, 6.07) is 8.49. The van der Waals surface area contributed by atoms with Crippen LogP contribution in [0, 0.1) is 5.92 Å². The number of benzene rings is 1. The van der Waals surface area contributed by atoms with Crippen LogP contribution in [0.15, 0.2) is 30.3 Å². The van der Waals surface area contributed by atoms with E-state index in [1.165, 1.54) is 4.90 Å². The highest BCUT2D eigenvalue weighted by atomic mass is 16.2. The van der Waals surface area contributed by atoms with Crippen molar-refractivity contribution < 1.29 is 14.4 Å². The summed E-state index contributed by atoms with van der Waals surface area (Å²) >= 11 is 0. The second kappa shape index (κ2) is 7.43. The van der Waals surface area contributed by atoms with Crippen molar-refractivity contribution in [1.82, 2.24) is 4.90 Å². The zero-order valence-electron chi connectivity index (χ0n) is 11.8. The van der Waals surface area contributed by atoms with E-state index in [-0.39, 0.29) is 12.5 Å². The van der Waals surface area contributed by atoms with Crippen molar-refractivity contribution in [2.24, 2.45) is 11.7 Å². The number of hydrogen-bond acceptors (Lipinski definition) is 3. The van der Waals surface area contributed by atoms with E-state index in [2.05, 4.69) is 0 Å².